The van der Waals surface area contributed by atoms with E-state index in [4.69, 9.17) is 9.79 Å². The minimum absolute atomic E-state index is 0.532. The van der Waals surface area contributed by atoms with E-state index in [1.165, 1.54) is 0 Å². The zero-order chi connectivity index (χ0) is 8.74. The lowest BCUT2D eigenvalue weighted by Crippen LogP contribution is -1.81. The Morgan fingerprint density at radius 1 is 1.27 bits per heavy atom. The summed E-state index contributed by atoms with van der Waals surface area (Å²) < 4.78 is 10.3. The zero-order valence-corrected chi connectivity index (χ0v) is 7.76. The number of hydrogen-bond donors (Lipinski definition) is 2. The van der Waals surface area contributed by atoms with Gasteiger partial charge in [0.25, 0.3) is 0 Å². The average Bonchev–Trinajstić information content (AvgIpc) is 1.85. The van der Waals surface area contributed by atoms with Gasteiger partial charge in [0.15, 0.2) is 0 Å². The van der Waals surface area contributed by atoms with Crippen molar-refractivity contribution < 1.29 is 14.4 Å². The number of rotatable bonds is 6. The van der Waals surface area contributed by atoms with Gasteiger partial charge in [-0.05, 0) is 6.42 Å². The second kappa shape index (κ2) is 5.76. The summed E-state index contributed by atoms with van der Waals surface area (Å²) in [5.74, 6) is 0. The molecule has 2 N–H and O–H groups in total. The summed E-state index contributed by atoms with van der Waals surface area (Å²) in [6, 6.07) is 0. The highest BCUT2D eigenvalue weighted by molar-refractivity contribution is 7.54. The van der Waals surface area contributed by atoms with Crippen LogP contribution in [-0.4, -0.2) is 9.79 Å². The fraction of sp³-hybridized carbons (Fsp3) is 0.857. The lowest BCUT2D eigenvalue weighted by Gasteiger charge is -2.01. The quantitative estimate of drug-likeness (QED) is 0.485. The highest BCUT2D eigenvalue weighted by Gasteiger charge is 2.11. The lowest BCUT2D eigenvalue weighted by molar-refractivity contribution is 0.378. The van der Waals surface area contributed by atoms with Crippen LogP contribution >= 0.6 is 7.60 Å². The van der Waals surface area contributed by atoms with Gasteiger partial charge in [-0.3, -0.25) is 4.57 Å². The molecular weight excluding hydrogens is 163 g/mol. The third kappa shape index (κ3) is 10.2. The van der Waals surface area contributed by atoms with Crippen LogP contribution < -0.4 is 0 Å². The molecule has 0 fully saturated rings. The van der Waals surface area contributed by atoms with Gasteiger partial charge in [-0.1, -0.05) is 32.6 Å². The average molecular weight is 179 g/mol. The van der Waals surface area contributed by atoms with E-state index >= 15 is 0 Å². The maximum absolute atomic E-state index is 10.3. The molecule has 0 rings (SSSR count). The Balaban J connectivity index is 3.09. The van der Waals surface area contributed by atoms with Crippen LogP contribution in [0.25, 0.3) is 0 Å². The van der Waals surface area contributed by atoms with Gasteiger partial charge in [0, 0.05) is 0 Å². The van der Waals surface area contributed by atoms with E-state index in [0.717, 1.165) is 31.8 Å². The summed E-state index contributed by atoms with van der Waals surface area (Å²) in [6.07, 6.45) is 5.88. The molecule has 1 radical (unpaired) electrons. The molecular formula is C7H16O3P. The Morgan fingerprint density at radius 2 is 1.91 bits per heavy atom. The molecule has 0 aliphatic heterocycles. The molecule has 4 heteroatoms. The Labute approximate surface area is 68.0 Å². The first-order valence-electron chi connectivity index (χ1n) is 3.96. The summed E-state index contributed by atoms with van der Waals surface area (Å²) >= 11 is 0. The number of hydrogen-bond acceptors (Lipinski definition) is 1. The molecule has 0 saturated carbocycles. The van der Waals surface area contributed by atoms with E-state index in [1.807, 2.05) is 0 Å². The third-order valence-electron chi connectivity index (χ3n) is 1.42. The minimum atomic E-state index is -3.84. The van der Waals surface area contributed by atoms with Crippen LogP contribution in [0.5, 0.6) is 0 Å². The standard InChI is InChI=1S/C7H16O3P/c1-2-3-4-5-6-7-11(8,9)10/h7H,2-6H2,1H3,(H2,8,9,10). The zero-order valence-electron chi connectivity index (χ0n) is 6.86. The maximum Gasteiger partial charge on any atom is 0.329 e. The molecule has 0 aromatic heterocycles. The monoisotopic (exact) mass is 179 g/mol. The summed E-state index contributed by atoms with van der Waals surface area (Å²) in [7, 11) is -3.84. The number of unbranched alkanes of at least 4 members (excludes halogenated alkanes) is 4. The van der Waals surface area contributed by atoms with E-state index in [9.17, 15) is 4.57 Å². The van der Waals surface area contributed by atoms with Crippen molar-refractivity contribution in [1.82, 2.24) is 0 Å². The van der Waals surface area contributed by atoms with Gasteiger partial charge in [-0.25, -0.2) is 0 Å². The van der Waals surface area contributed by atoms with E-state index in [1.54, 1.807) is 0 Å². The SMILES string of the molecule is CCCCCC[CH]P(=O)(O)O. The van der Waals surface area contributed by atoms with Crippen molar-refractivity contribution in [3.8, 4) is 0 Å². The van der Waals surface area contributed by atoms with Crippen molar-refractivity contribution in [3.05, 3.63) is 6.16 Å². The van der Waals surface area contributed by atoms with Crippen LogP contribution in [0.2, 0.25) is 0 Å². The molecule has 11 heavy (non-hydrogen) atoms. The van der Waals surface area contributed by atoms with Crippen LogP contribution in [0.1, 0.15) is 39.0 Å². The van der Waals surface area contributed by atoms with Crippen LogP contribution in [-0.2, 0) is 4.57 Å². The predicted molar refractivity (Wildman–Crippen MR) is 45.1 cm³/mol. The summed E-state index contributed by atoms with van der Waals surface area (Å²) in [6.45, 7) is 2.10. The van der Waals surface area contributed by atoms with Gasteiger partial charge < -0.3 is 9.79 Å². The molecule has 3 nitrogen and oxygen atoms in total. The van der Waals surface area contributed by atoms with Gasteiger partial charge in [0.1, 0.15) is 0 Å². The highest BCUT2D eigenvalue weighted by atomic mass is 31.2. The van der Waals surface area contributed by atoms with Crippen molar-refractivity contribution in [2.45, 2.75) is 39.0 Å². The fourth-order valence-electron chi connectivity index (χ4n) is 0.831. The molecule has 0 spiro atoms. The minimum Gasteiger partial charge on any atom is -0.324 e. The van der Waals surface area contributed by atoms with Gasteiger partial charge in [0.2, 0.25) is 0 Å². The molecule has 0 atom stereocenters. The molecule has 0 aromatic rings. The lowest BCUT2D eigenvalue weighted by atomic mass is 10.2. The topological polar surface area (TPSA) is 57.5 Å². The second-order valence-electron chi connectivity index (χ2n) is 2.62. The molecule has 0 amide bonds. The van der Waals surface area contributed by atoms with Gasteiger partial charge >= 0.3 is 7.60 Å². The molecule has 0 bridgehead atoms. The van der Waals surface area contributed by atoms with E-state index in [2.05, 4.69) is 6.92 Å². The van der Waals surface area contributed by atoms with Crippen LogP contribution in [0.4, 0.5) is 0 Å². The van der Waals surface area contributed by atoms with Crippen molar-refractivity contribution in [3.63, 3.8) is 0 Å². The van der Waals surface area contributed by atoms with Crippen molar-refractivity contribution in [2.24, 2.45) is 0 Å². The second-order valence-corrected chi connectivity index (χ2v) is 4.16. The Hall–Kier alpha value is 0.150. The third-order valence-corrected chi connectivity index (χ3v) is 2.16. The molecule has 0 unspecified atom stereocenters. The van der Waals surface area contributed by atoms with Crippen LogP contribution in [0.3, 0.4) is 0 Å². The molecule has 0 aliphatic carbocycles. The van der Waals surface area contributed by atoms with E-state index in [0.29, 0.717) is 6.42 Å². The van der Waals surface area contributed by atoms with Crippen LogP contribution in [0.15, 0.2) is 0 Å². The summed E-state index contributed by atoms with van der Waals surface area (Å²) in [5.41, 5.74) is 0. The van der Waals surface area contributed by atoms with Crippen molar-refractivity contribution >= 4 is 7.60 Å². The van der Waals surface area contributed by atoms with E-state index < -0.39 is 7.60 Å². The normalized spacial score (nSPS) is 11.9. The molecule has 0 saturated heterocycles. The van der Waals surface area contributed by atoms with Gasteiger partial charge in [0.05, 0.1) is 6.16 Å². The predicted octanol–water partition coefficient (Wildman–Crippen LogP) is 2.30. The Morgan fingerprint density at radius 3 is 2.36 bits per heavy atom. The molecule has 0 aliphatic rings. The van der Waals surface area contributed by atoms with Gasteiger partial charge in [-0.15, -0.1) is 0 Å². The first-order valence-corrected chi connectivity index (χ1v) is 5.64. The van der Waals surface area contributed by atoms with E-state index in [-0.39, 0.29) is 0 Å². The Bertz CT molecular complexity index is 130. The first kappa shape index (κ1) is 11.2. The van der Waals surface area contributed by atoms with Crippen molar-refractivity contribution in [1.29, 1.82) is 0 Å². The summed E-state index contributed by atoms with van der Waals surface area (Å²) in [4.78, 5) is 16.9. The smallest absolute Gasteiger partial charge is 0.324 e. The maximum atomic E-state index is 10.3. The highest BCUT2D eigenvalue weighted by Crippen LogP contribution is 2.40. The fourth-order valence-corrected chi connectivity index (χ4v) is 1.35. The Kier molecular flexibility index (Phi) is 5.83. The first-order chi connectivity index (χ1) is 5.06. The summed E-state index contributed by atoms with van der Waals surface area (Å²) in [5, 5.41) is 0. The van der Waals surface area contributed by atoms with Crippen molar-refractivity contribution in [2.75, 3.05) is 0 Å². The van der Waals surface area contributed by atoms with Gasteiger partial charge in [-0.2, -0.15) is 0 Å². The van der Waals surface area contributed by atoms with Crippen LogP contribution in [0, 0.1) is 6.16 Å². The molecule has 0 heterocycles. The largest absolute Gasteiger partial charge is 0.329 e. The molecule has 67 valence electrons. The molecule has 0 aromatic carbocycles.